The summed E-state index contributed by atoms with van der Waals surface area (Å²) < 4.78 is 32.1. The number of benzene rings is 4. The quantitative estimate of drug-likeness (QED) is 0.282. The molecule has 4 rings (SSSR count). The van der Waals surface area contributed by atoms with Crippen LogP contribution in [0.25, 0.3) is 0 Å². The fourth-order valence-electron chi connectivity index (χ4n) is 3.86. The highest BCUT2D eigenvalue weighted by Crippen LogP contribution is 2.56. The molecule has 0 atom stereocenters. The van der Waals surface area contributed by atoms with E-state index in [1.165, 1.54) is 9.79 Å². The van der Waals surface area contributed by atoms with Gasteiger partial charge in [-0.05, 0) is 118 Å². The predicted molar refractivity (Wildman–Crippen MR) is 148 cm³/mol. The first-order chi connectivity index (χ1) is 16.9. The fourth-order valence-corrected chi connectivity index (χ4v) is 7.03. The first kappa shape index (κ1) is 25.9. The van der Waals surface area contributed by atoms with Gasteiger partial charge in [0.05, 0.1) is 9.79 Å². The number of hydrogen-bond donors (Lipinski definition) is 1. The Kier molecular flexibility index (Phi) is 6.95. The first-order valence-corrected chi connectivity index (χ1v) is 15.6. The second kappa shape index (κ2) is 9.68. The van der Waals surface area contributed by atoms with E-state index in [1.807, 2.05) is 36.4 Å². The summed E-state index contributed by atoms with van der Waals surface area (Å²) >= 11 is 0. The number of phenolic OH excluding ortho intramolecular Hbond substituents is 1. The number of hydrogen-bond acceptors (Lipinski definition) is 4. The summed E-state index contributed by atoms with van der Waals surface area (Å²) in [6.45, 7) is 6.29. The molecule has 0 radical (unpaired) electrons. The Labute approximate surface area is 215 Å². The lowest BCUT2D eigenvalue weighted by Gasteiger charge is -2.32. The molecular weight excluding hydrogens is 488 g/mol. The summed E-state index contributed by atoms with van der Waals surface area (Å²) in [5, 5.41) is 9.58. The van der Waals surface area contributed by atoms with Crippen LogP contribution < -0.4 is 4.74 Å². The molecule has 0 aliphatic heterocycles. The van der Waals surface area contributed by atoms with E-state index in [2.05, 4.69) is 45.4 Å². The average Bonchev–Trinajstić information content (AvgIpc) is 2.84. The fraction of sp³-hybridized carbons (Fsp3) is 0.200. The van der Waals surface area contributed by atoms with Gasteiger partial charge >= 0.3 is 0 Å². The number of rotatable bonds is 6. The molecule has 0 heterocycles. The minimum Gasteiger partial charge on any atom is -0.508 e. The lowest BCUT2D eigenvalue weighted by atomic mass is 9.87. The van der Waals surface area contributed by atoms with Gasteiger partial charge in [-0.3, -0.25) is 0 Å². The second-order valence-electron chi connectivity index (χ2n) is 10.1. The number of sulfone groups is 1. The van der Waals surface area contributed by atoms with Crippen molar-refractivity contribution < 1.29 is 18.3 Å². The van der Waals surface area contributed by atoms with Crippen molar-refractivity contribution in [2.45, 2.75) is 45.8 Å². The molecule has 0 saturated heterocycles. The highest BCUT2D eigenvalue weighted by atomic mass is 32.3. The summed E-state index contributed by atoms with van der Waals surface area (Å²) in [5.41, 5.74) is 1.05. The third-order valence-corrected chi connectivity index (χ3v) is 10.9. The molecule has 0 fully saturated rings. The van der Waals surface area contributed by atoms with Gasteiger partial charge in [-0.25, -0.2) is 8.42 Å². The van der Waals surface area contributed by atoms with Crippen molar-refractivity contribution >= 4 is 19.9 Å². The topological polar surface area (TPSA) is 63.6 Å². The van der Waals surface area contributed by atoms with Crippen molar-refractivity contribution in [1.82, 2.24) is 0 Å². The van der Waals surface area contributed by atoms with Gasteiger partial charge in [0.15, 0.2) is 0 Å². The molecule has 0 aromatic heterocycles. The van der Waals surface area contributed by atoms with Crippen molar-refractivity contribution in [3.8, 4) is 17.2 Å². The lowest BCUT2D eigenvalue weighted by molar-refractivity contribution is 0.475. The molecular formula is C30H32O4S2. The summed E-state index contributed by atoms with van der Waals surface area (Å²) in [6, 6.07) is 28.9. The standard InChI is InChI=1S/C30H32O4S2/c1-30(2,3)22-6-14-28(15-7-22)36(32,33)29-20-12-25(13-21-29)34-24-10-18-27(19-11-24)35(4,5)26-16-8-23(31)9-17-26/h6-21,31H,1-5H3. The van der Waals surface area contributed by atoms with Gasteiger partial charge in [-0.1, -0.05) is 32.9 Å². The Morgan fingerprint density at radius 3 is 1.36 bits per heavy atom. The van der Waals surface area contributed by atoms with Crippen molar-refractivity contribution in [2.75, 3.05) is 12.5 Å². The van der Waals surface area contributed by atoms with Crippen LogP contribution in [0.1, 0.15) is 26.3 Å². The minimum atomic E-state index is -3.61. The first-order valence-electron chi connectivity index (χ1n) is 11.6. The molecule has 188 valence electrons. The SMILES string of the molecule is CC(C)(C)c1ccc(S(=O)(=O)c2ccc(Oc3ccc(S(C)(C)c4ccc(O)cc4)cc3)cc2)cc1. The van der Waals surface area contributed by atoms with Crippen LogP contribution in [-0.2, 0) is 15.3 Å². The molecule has 1 N–H and O–H groups in total. The van der Waals surface area contributed by atoms with E-state index < -0.39 is 19.9 Å². The van der Waals surface area contributed by atoms with Crippen molar-refractivity contribution in [3.63, 3.8) is 0 Å². The predicted octanol–water partition coefficient (Wildman–Crippen LogP) is 7.80. The molecule has 0 spiro atoms. The Hall–Kier alpha value is -3.22. The second-order valence-corrected chi connectivity index (χ2v) is 15.7. The molecule has 0 aliphatic rings. The van der Waals surface area contributed by atoms with Crippen molar-refractivity contribution in [2.24, 2.45) is 0 Å². The Bertz CT molecular complexity index is 1430. The summed E-state index contributed by atoms with van der Waals surface area (Å²) in [4.78, 5) is 2.88. The molecule has 6 heteroatoms. The van der Waals surface area contributed by atoms with Crippen LogP contribution in [0.4, 0.5) is 0 Å². The van der Waals surface area contributed by atoms with E-state index in [0.717, 1.165) is 5.56 Å². The number of phenols is 1. The van der Waals surface area contributed by atoms with Crippen LogP contribution in [0, 0.1) is 0 Å². The molecule has 4 aromatic rings. The Balaban J connectivity index is 1.48. The van der Waals surface area contributed by atoms with Crippen LogP contribution in [-0.4, -0.2) is 26.0 Å². The molecule has 0 amide bonds. The average molecular weight is 521 g/mol. The van der Waals surface area contributed by atoms with E-state index in [0.29, 0.717) is 11.5 Å². The van der Waals surface area contributed by atoms with Gasteiger partial charge in [0.2, 0.25) is 9.84 Å². The monoisotopic (exact) mass is 520 g/mol. The maximum Gasteiger partial charge on any atom is 0.206 e. The van der Waals surface area contributed by atoms with E-state index in [-0.39, 0.29) is 21.0 Å². The third kappa shape index (κ3) is 5.45. The highest BCUT2D eigenvalue weighted by molar-refractivity contribution is 8.32. The molecule has 36 heavy (non-hydrogen) atoms. The summed E-state index contributed by atoms with van der Waals surface area (Å²) in [7, 11) is -4.85. The van der Waals surface area contributed by atoms with Crippen LogP contribution in [0.2, 0.25) is 0 Å². The maximum atomic E-state index is 13.1. The summed E-state index contributed by atoms with van der Waals surface area (Å²) in [6.07, 6.45) is 4.43. The highest BCUT2D eigenvalue weighted by Gasteiger charge is 2.20. The summed E-state index contributed by atoms with van der Waals surface area (Å²) in [5.74, 6) is 1.50. The molecule has 4 nitrogen and oxygen atoms in total. The molecule has 4 aromatic carbocycles. The zero-order valence-corrected chi connectivity index (χ0v) is 22.9. The number of ether oxygens (including phenoxy) is 1. The largest absolute Gasteiger partial charge is 0.508 e. The molecule has 0 aliphatic carbocycles. The van der Waals surface area contributed by atoms with E-state index in [1.54, 1.807) is 48.5 Å². The zero-order chi connectivity index (χ0) is 26.1. The zero-order valence-electron chi connectivity index (χ0n) is 21.2. The van der Waals surface area contributed by atoms with Crippen LogP contribution in [0.3, 0.4) is 0 Å². The van der Waals surface area contributed by atoms with Crippen LogP contribution in [0.5, 0.6) is 17.2 Å². The lowest BCUT2D eigenvalue weighted by Crippen LogP contribution is -2.11. The van der Waals surface area contributed by atoms with E-state index in [4.69, 9.17) is 4.74 Å². The van der Waals surface area contributed by atoms with Gasteiger partial charge in [0, 0.05) is 0 Å². The van der Waals surface area contributed by atoms with Gasteiger partial charge in [0.25, 0.3) is 0 Å². The van der Waals surface area contributed by atoms with Gasteiger partial charge in [-0.15, -0.1) is 0 Å². The smallest absolute Gasteiger partial charge is 0.206 e. The molecule has 0 saturated carbocycles. The number of aromatic hydroxyl groups is 1. The Morgan fingerprint density at radius 2 is 0.944 bits per heavy atom. The minimum absolute atomic E-state index is 0.0396. The van der Waals surface area contributed by atoms with Gasteiger partial charge < -0.3 is 9.84 Å². The molecule has 0 unspecified atom stereocenters. The van der Waals surface area contributed by atoms with Gasteiger partial charge in [-0.2, -0.15) is 10.0 Å². The van der Waals surface area contributed by atoms with Crippen LogP contribution >= 0.6 is 10.0 Å². The maximum absolute atomic E-state index is 13.1. The van der Waals surface area contributed by atoms with Crippen molar-refractivity contribution in [1.29, 1.82) is 0 Å². The van der Waals surface area contributed by atoms with Crippen molar-refractivity contribution in [3.05, 3.63) is 103 Å². The normalized spacial score (nSPS) is 12.8. The third-order valence-electron chi connectivity index (χ3n) is 6.24. The van der Waals surface area contributed by atoms with E-state index >= 15 is 0 Å². The molecule has 0 bridgehead atoms. The van der Waals surface area contributed by atoms with E-state index in [9.17, 15) is 13.5 Å². The van der Waals surface area contributed by atoms with Gasteiger partial charge in [0.1, 0.15) is 17.2 Å². The van der Waals surface area contributed by atoms with Crippen LogP contribution in [0.15, 0.2) is 117 Å². The Morgan fingerprint density at radius 1 is 0.583 bits per heavy atom.